The first-order valence-corrected chi connectivity index (χ1v) is 5.76. The fourth-order valence-electron chi connectivity index (χ4n) is 1.95. The molecule has 0 unspecified atom stereocenters. The van der Waals surface area contributed by atoms with Crippen molar-refractivity contribution in [3.8, 4) is 0 Å². The van der Waals surface area contributed by atoms with Gasteiger partial charge in [0.05, 0.1) is 0 Å². The molecule has 90 valence electrons. The minimum Gasteiger partial charge on any atom is -0.398 e. The first kappa shape index (κ1) is 13.0. The van der Waals surface area contributed by atoms with Gasteiger partial charge in [-0.25, -0.2) is 0 Å². The lowest BCUT2D eigenvalue weighted by Crippen LogP contribution is -2.17. The Bertz CT molecular complexity index is 373. The molecule has 2 N–H and O–H groups in total. The van der Waals surface area contributed by atoms with Gasteiger partial charge in [0.25, 0.3) is 0 Å². The number of nitrogen functional groups attached to an aromatic ring is 1. The highest BCUT2D eigenvalue weighted by molar-refractivity contribution is 5.57. The van der Waals surface area contributed by atoms with Gasteiger partial charge in [-0.05, 0) is 43.1 Å². The van der Waals surface area contributed by atoms with Gasteiger partial charge in [0, 0.05) is 12.2 Å². The van der Waals surface area contributed by atoms with Gasteiger partial charge in [-0.15, -0.1) is 0 Å². The van der Waals surface area contributed by atoms with Crippen LogP contribution < -0.4 is 5.73 Å². The smallest absolute Gasteiger partial charge is 0.0381 e. The molecule has 0 amide bonds. The number of hydrogen-bond donors (Lipinski definition) is 1. The van der Waals surface area contributed by atoms with Crippen molar-refractivity contribution in [1.29, 1.82) is 0 Å². The van der Waals surface area contributed by atoms with E-state index in [2.05, 4.69) is 58.8 Å². The number of aryl methyl sites for hydroxylation is 1. The van der Waals surface area contributed by atoms with Crippen molar-refractivity contribution in [2.45, 2.75) is 39.7 Å². The van der Waals surface area contributed by atoms with Crippen LogP contribution in [0.4, 0.5) is 5.69 Å². The summed E-state index contributed by atoms with van der Waals surface area (Å²) >= 11 is 0. The van der Waals surface area contributed by atoms with E-state index < -0.39 is 0 Å². The van der Waals surface area contributed by atoms with E-state index in [1.165, 1.54) is 16.7 Å². The Morgan fingerprint density at radius 1 is 1.19 bits per heavy atom. The monoisotopic (exact) mass is 220 g/mol. The molecule has 0 aliphatic rings. The maximum Gasteiger partial charge on any atom is 0.0381 e. The Kier molecular flexibility index (Phi) is 3.64. The molecule has 0 saturated heterocycles. The van der Waals surface area contributed by atoms with Crippen LogP contribution in [-0.4, -0.2) is 19.0 Å². The summed E-state index contributed by atoms with van der Waals surface area (Å²) in [7, 11) is 4.17. The third kappa shape index (κ3) is 2.99. The molecule has 0 heterocycles. The van der Waals surface area contributed by atoms with Crippen LogP contribution >= 0.6 is 0 Å². The lowest BCUT2D eigenvalue weighted by Gasteiger charge is -2.24. The van der Waals surface area contributed by atoms with Crippen LogP contribution in [0.15, 0.2) is 12.1 Å². The first-order chi connectivity index (χ1) is 7.21. The molecule has 0 aliphatic carbocycles. The van der Waals surface area contributed by atoms with E-state index in [0.29, 0.717) is 0 Å². The molecule has 0 fully saturated rings. The van der Waals surface area contributed by atoms with Crippen LogP contribution in [0.3, 0.4) is 0 Å². The standard InChI is InChI=1S/C14H24N2/c1-10-7-11(9-16(5)6)8-12(13(10)15)14(2,3)4/h7-8H,9,15H2,1-6H3. The van der Waals surface area contributed by atoms with E-state index in [1.807, 2.05) is 0 Å². The quantitative estimate of drug-likeness (QED) is 0.776. The topological polar surface area (TPSA) is 29.3 Å². The molecule has 16 heavy (non-hydrogen) atoms. The van der Waals surface area contributed by atoms with Crippen LogP contribution in [0.5, 0.6) is 0 Å². The summed E-state index contributed by atoms with van der Waals surface area (Å²) in [6.45, 7) is 9.67. The van der Waals surface area contributed by atoms with Crippen LogP contribution in [0.1, 0.15) is 37.5 Å². The van der Waals surface area contributed by atoms with Crippen LogP contribution in [-0.2, 0) is 12.0 Å². The zero-order valence-corrected chi connectivity index (χ0v) is 11.4. The first-order valence-electron chi connectivity index (χ1n) is 5.76. The Hall–Kier alpha value is -1.02. The summed E-state index contributed by atoms with van der Waals surface area (Å²) < 4.78 is 0. The third-order valence-electron chi connectivity index (χ3n) is 2.75. The Labute approximate surface area is 99.5 Å². The van der Waals surface area contributed by atoms with Crippen molar-refractivity contribution in [2.24, 2.45) is 0 Å². The molecule has 0 aromatic heterocycles. The second-order valence-electron chi connectivity index (χ2n) is 5.86. The summed E-state index contributed by atoms with van der Waals surface area (Å²) in [5, 5.41) is 0. The molecule has 0 saturated carbocycles. The molecule has 0 aliphatic heterocycles. The summed E-state index contributed by atoms with van der Waals surface area (Å²) in [6, 6.07) is 4.42. The van der Waals surface area contributed by atoms with Gasteiger partial charge in [-0.2, -0.15) is 0 Å². The van der Waals surface area contributed by atoms with Crippen molar-refractivity contribution < 1.29 is 0 Å². The number of hydrogen-bond acceptors (Lipinski definition) is 2. The van der Waals surface area contributed by atoms with E-state index in [0.717, 1.165) is 12.2 Å². The molecule has 0 atom stereocenters. The summed E-state index contributed by atoms with van der Waals surface area (Å²) in [4.78, 5) is 2.18. The van der Waals surface area contributed by atoms with E-state index in [4.69, 9.17) is 5.73 Å². The largest absolute Gasteiger partial charge is 0.398 e. The van der Waals surface area contributed by atoms with E-state index in [9.17, 15) is 0 Å². The van der Waals surface area contributed by atoms with E-state index >= 15 is 0 Å². The Morgan fingerprint density at radius 2 is 1.75 bits per heavy atom. The molecular weight excluding hydrogens is 196 g/mol. The highest BCUT2D eigenvalue weighted by atomic mass is 15.0. The van der Waals surface area contributed by atoms with Gasteiger partial charge in [0.15, 0.2) is 0 Å². The minimum atomic E-state index is 0.108. The van der Waals surface area contributed by atoms with Crippen molar-refractivity contribution in [3.63, 3.8) is 0 Å². The minimum absolute atomic E-state index is 0.108. The Balaban J connectivity index is 3.23. The summed E-state index contributed by atoms with van der Waals surface area (Å²) in [5.41, 5.74) is 11.0. The van der Waals surface area contributed by atoms with Crippen LogP contribution in [0.2, 0.25) is 0 Å². The zero-order chi connectivity index (χ0) is 12.5. The predicted molar refractivity (Wildman–Crippen MR) is 71.7 cm³/mol. The molecule has 0 radical (unpaired) electrons. The van der Waals surface area contributed by atoms with Gasteiger partial charge in [0.2, 0.25) is 0 Å². The maximum atomic E-state index is 6.15. The number of nitrogens with two attached hydrogens (primary N) is 1. The molecule has 1 aromatic carbocycles. The summed E-state index contributed by atoms with van der Waals surface area (Å²) in [6.07, 6.45) is 0. The second kappa shape index (κ2) is 4.46. The Morgan fingerprint density at radius 3 is 2.19 bits per heavy atom. The highest BCUT2D eigenvalue weighted by Gasteiger charge is 2.18. The van der Waals surface area contributed by atoms with Gasteiger partial charge in [0.1, 0.15) is 0 Å². The molecule has 1 rings (SSSR count). The second-order valence-corrected chi connectivity index (χ2v) is 5.86. The number of benzene rings is 1. The molecule has 2 heteroatoms. The zero-order valence-electron chi connectivity index (χ0n) is 11.4. The summed E-state index contributed by atoms with van der Waals surface area (Å²) in [5.74, 6) is 0. The predicted octanol–water partition coefficient (Wildman–Crippen LogP) is 2.94. The molecule has 0 bridgehead atoms. The normalized spacial score (nSPS) is 12.2. The molecule has 0 spiro atoms. The molecule has 1 aromatic rings. The van der Waals surface area contributed by atoms with Crippen LogP contribution in [0, 0.1) is 6.92 Å². The van der Waals surface area contributed by atoms with Crippen molar-refractivity contribution in [3.05, 3.63) is 28.8 Å². The van der Waals surface area contributed by atoms with E-state index in [1.54, 1.807) is 0 Å². The van der Waals surface area contributed by atoms with Gasteiger partial charge >= 0.3 is 0 Å². The van der Waals surface area contributed by atoms with Crippen molar-refractivity contribution in [1.82, 2.24) is 4.90 Å². The van der Waals surface area contributed by atoms with Gasteiger partial charge in [-0.1, -0.05) is 32.9 Å². The molecule has 2 nitrogen and oxygen atoms in total. The van der Waals surface area contributed by atoms with Crippen molar-refractivity contribution in [2.75, 3.05) is 19.8 Å². The third-order valence-corrected chi connectivity index (χ3v) is 2.75. The fourth-order valence-corrected chi connectivity index (χ4v) is 1.95. The SMILES string of the molecule is Cc1cc(CN(C)C)cc(C(C)(C)C)c1N. The number of nitrogens with zero attached hydrogens (tertiary/aromatic N) is 1. The average Bonchev–Trinajstić information content (AvgIpc) is 2.08. The lowest BCUT2D eigenvalue weighted by atomic mass is 9.83. The fraction of sp³-hybridized carbons (Fsp3) is 0.571. The van der Waals surface area contributed by atoms with Crippen molar-refractivity contribution >= 4 is 5.69 Å². The maximum absolute atomic E-state index is 6.15. The van der Waals surface area contributed by atoms with Crippen LogP contribution in [0.25, 0.3) is 0 Å². The van der Waals surface area contributed by atoms with Gasteiger partial charge < -0.3 is 10.6 Å². The highest BCUT2D eigenvalue weighted by Crippen LogP contribution is 2.31. The van der Waals surface area contributed by atoms with Gasteiger partial charge in [-0.3, -0.25) is 0 Å². The number of anilines is 1. The molecular formula is C14H24N2. The average molecular weight is 220 g/mol. The number of rotatable bonds is 2. The lowest BCUT2D eigenvalue weighted by molar-refractivity contribution is 0.402. The van der Waals surface area contributed by atoms with E-state index in [-0.39, 0.29) is 5.41 Å².